The zero-order valence-electron chi connectivity index (χ0n) is 13.8. The lowest BCUT2D eigenvalue weighted by Crippen LogP contribution is -2.29. The molecule has 23 heavy (non-hydrogen) atoms. The van der Waals surface area contributed by atoms with E-state index in [9.17, 15) is 9.90 Å². The van der Waals surface area contributed by atoms with Gasteiger partial charge in [0.1, 0.15) is 5.82 Å². The second-order valence-corrected chi connectivity index (χ2v) is 6.98. The van der Waals surface area contributed by atoms with Crippen LogP contribution < -0.4 is 5.56 Å². The van der Waals surface area contributed by atoms with Gasteiger partial charge in [-0.3, -0.25) is 4.79 Å². The third kappa shape index (κ3) is 3.03. The van der Waals surface area contributed by atoms with Crippen LogP contribution in [-0.2, 0) is 5.41 Å². The van der Waals surface area contributed by atoms with E-state index < -0.39 is 5.41 Å². The van der Waals surface area contributed by atoms with Crippen LogP contribution in [0.4, 0.5) is 0 Å². The summed E-state index contributed by atoms with van der Waals surface area (Å²) in [6, 6.07) is 9.90. The lowest BCUT2D eigenvalue weighted by molar-refractivity contribution is 0.392. The summed E-state index contributed by atoms with van der Waals surface area (Å²) in [6.07, 6.45) is 5.35. The Morgan fingerprint density at radius 2 is 1.78 bits per heavy atom. The first kappa shape index (κ1) is 15.8. The van der Waals surface area contributed by atoms with E-state index in [0.717, 1.165) is 31.2 Å². The molecule has 4 heteroatoms. The topological polar surface area (TPSA) is 66.0 Å². The van der Waals surface area contributed by atoms with E-state index >= 15 is 0 Å². The van der Waals surface area contributed by atoms with Gasteiger partial charge in [-0.1, -0.05) is 49.6 Å². The highest BCUT2D eigenvalue weighted by molar-refractivity contribution is 5.34. The smallest absolute Gasteiger partial charge is 0.258 e. The molecule has 1 aliphatic carbocycles. The van der Waals surface area contributed by atoms with Crippen molar-refractivity contribution in [3.05, 3.63) is 57.6 Å². The molecule has 4 nitrogen and oxygen atoms in total. The number of nitrogens with zero attached hydrogens (tertiary/aromatic N) is 1. The molecule has 3 rings (SSSR count). The van der Waals surface area contributed by atoms with E-state index in [1.54, 1.807) is 0 Å². The molecule has 0 aliphatic heterocycles. The second kappa shape index (κ2) is 6.19. The Bertz CT molecular complexity index is 729. The molecule has 0 amide bonds. The van der Waals surface area contributed by atoms with Gasteiger partial charge in [0.15, 0.2) is 0 Å². The molecule has 0 radical (unpaired) electrons. The minimum absolute atomic E-state index is 0.0975. The molecule has 1 heterocycles. The van der Waals surface area contributed by atoms with Gasteiger partial charge in [0.25, 0.3) is 5.56 Å². The van der Waals surface area contributed by atoms with Gasteiger partial charge < -0.3 is 10.1 Å². The molecule has 1 aromatic heterocycles. The van der Waals surface area contributed by atoms with Gasteiger partial charge in [-0.2, -0.15) is 4.98 Å². The number of hydrogen-bond acceptors (Lipinski definition) is 3. The fraction of sp³-hybridized carbons (Fsp3) is 0.474. The normalized spacial score (nSPS) is 16.4. The summed E-state index contributed by atoms with van der Waals surface area (Å²) < 4.78 is 0. The number of aromatic hydroxyl groups is 1. The second-order valence-electron chi connectivity index (χ2n) is 6.98. The highest BCUT2D eigenvalue weighted by Gasteiger charge is 2.29. The first-order chi connectivity index (χ1) is 11.0. The average Bonchev–Trinajstić information content (AvgIpc) is 2.56. The molecule has 2 N–H and O–H groups in total. The van der Waals surface area contributed by atoms with Crippen LogP contribution in [0.25, 0.3) is 0 Å². The zero-order valence-corrected chi connectivity index (χ0v) is 13.8. The Kier molecular flexibility index (Phi) is 4.24. The SMILES string of the molecule is CC(C)(c1ccccc1)c1nc(O)c(C2CCCCC2)c(=O)[nH]1. The van der Waals surface area contributed by atoms with Crippen molar-refractivity contribution in [1.82, 2.24) is 9.97 Å². The Hall–Kier alpha value is -2.10. The van der Waals surface area contributed by atoms with Gasteiger partial charge >= 0.3 is 0 Å². The third-order valence-corrected chi connectivity index (χ3v) is 5.04. The van der Waals surface area contributed by atoms with Crippen LogP contribution in [-0.4, -0.2) is 15.1 Å². The first-order valence-corrected chi connectivity index (χ1v) is 8.39. The molecule has 122 valence electrons. The number of rotatable bonds is 3. The van der Waals surface area contributed by atoms with Crippen molar-refractivity contribution < 1.29 is 5.11 Å². The van der Waals surface area contributed by atoms with Gasteiger partial charge in [-0.15, -0.1) is 0 Å². The molecule has 1 aliphatic rings. The lowest BCUT2D eigenvalue weighted by atomic mass is 9.82. The summed E-state index contributed by atoms with van der Waals surface area (Å²) in [6.45, 7) is 4.00. The zero-order chi connectivity index (χ0) is 16.4. The van der Waals surface area contributed by atoms with Crippen molar-refractivity contribution in [3.63, 3.8) is 0 Å². The number of benzene rings is 1. The highest BCUT2D eigenvalue weighted by Crippen LogP contribution is 2.35. The number of nitrogens with one attached hydrogen (secondary N) is 1. The van der Waals surface area contributed by atoms with Gasteiger partial charge in [0.2, 0.25) is 5.88 Å². The Labute approximate surface area is 136 Å². The van der Waals surface area contributed by atoms with Gasteiger partial charge in [0, 0.05) is 5.41 Å². The fourth-order valence-corrected chi connectivity index (χ4v) is 3.52. The molecule has 0 unspecified atom stereocenters. The third-order valence-electron chi connectivity index (χ3n) is 5.04. The van der Waals surface area contributed by atoms with E-state index in [0.29, 0.717) is 11.4 Å². The Balaban J connectivity index is 2.01. The number of hydrogen-bond donors (Lipinski definition) is 2. The quantitative estimate of drug-likeness (QED) is 0.904. The summed E-state index contributed by atoms with van der Waals surface area (Å²) in [5, 5.41) is 10.4. The fourth-order valence-electron chi connectivity index (χ4n) is 3.52. The number of aromatic nitrogens is 2. The molecule has 1 aromatic carbocycles. The van der Waals surface area contributed by atoms with Crippen molar-refractivity contribution in [1.29, 1.82) is 0 Å². The molecule has 0 atom stereocenters. The van der Waals surface area contributed by atoms with Gasteiger partial charge in [-0.05, 0) is 38.2 Å². The van der Waals surface area contributed by atoms with Crippen LogP contribution in [0, 0.1) is 0 Å². The molecule has 1 saturated carbocycles. The van der Waals surface area contributed by atoms with Crippen molar-refractivity contribution in [2.24, 2.45) is 0 Å². The van der Waals surface area contributed by atoms with Gasteiger partial charge in [0.05, 0.1) is 5.56 Å². The minimum Gasteiger partial charge on any atom is -0.493 e. The van der Waals surface area contributed by atoms with Crippen molar-refractivity contribution in [2.45, 2.75) is 57.3 Å². The van der Waals surface area contributed by atoms with Crippen LogP contribution in [0.5, 0.6) is 5.88 Å². The number of aromatic amines is 1. The standard InChI is InChI=1S/C19H24N2O2/c1-19(2,14-11-7-4-8-12-14)18-20-16(22)15(17(23)21-18)13-9-5-3-6-10-13/h4,7-8,11-13H,3,5-6,9-10H2,1-2H3,(H2,20,21,22,23). The first-order valence-electron chi connectivity index (χ1n) is 8.39. The van der Waals surface area contributed by atoms with E-state index in [1.165, 1.54) is 6.42 Å². The van der Waals surface area contributed by atoms with Crippen LogP contribution >= 0.6 is 0 Å². The van der Waals surface area contributed by atoms with Crippen molar-refractivity contribution in [3.8, 4) is 5.88 Å². The van der Waals surface area contributed by atoms with Crippen LogP contribution in [0.1, 0.15) is 68.8 Å². The maximum atomic E-state index is 12.6. The summed E-state index contributed by atoms with van der Waals surface area (Å²) >= 11 is 0. The van der Waals surface area contributed by atoms with Crippen molar-refractivity contribution in [2.75, 3.05) is 0 Å². The monoisotopic (exact) mass is 312 g/mol. The molecule has 0 bridgehead atoms. The molecule has 0 saturated heterocycles. The van der Waals surface area contributed by atoms with Crippen molar-refractivity contribution >= 4 is 0 Å². The van der Waals surface area contributed by atoms with Crippen LogP contribution in [0.15, 0.2) is 35.1 Å². The van der Waals surface area contributed by atoms with Crippen LogP contribution in [0.2, 0.25) is 0 Å². The number of H-pyrrole nitrogens is 1. The lowest BCUT2D eigenvalue weighted by Gasteiger charge is -2.26. The average molecular weight is 312 g/mol. The van der Waals surface area contributed by atoms with E-state index in [1.807, 2.05) is 44.2 Å². The summed E-state index contributed by atoms with van der Waals surface area (Å²) in [5.74, 6) is 0.541. The molecular weight excluding hydrogens is 288 g/mol. The maximum absolute atomic E-state index is 12.6. The summed E-state index contributed by atoms with van der Waals surface area (Å²) in [5.41, 5.74) is 0.858. The molecule has 2 aromatic rings. The highest BCUT2D eigenvalue weighted by atomic mass is 16.3. The predicted octanol–water partition coefficient (Wildman–Crippen LogP) is 3.85. The van der Waals surface area contributed by atoms with Gasteiger partial charge in [-0.25, -0.2) is 0 Å². The Morgan fingerprint density at radius 1 is 1.13 bits per heavy atom. The Morgan fingerprint density at radius 3 is 2.39 bits per heavy atom. The van der Waals surface area contributed by atoms with Crippen LogP contribution in [0.3, 0.4) is 0 Å². The largest absolute Gasteiger partial charge is 0.493 e. The summed E-state index contributed by atoms with van der Waals surface area (Å²) in [4.78, 5) is 19.9. The molecular formula is C19H24N2O2. The minimum atomic E-state index is -0.469. The summed E-state index contributed by atoms with van der Waals surface area (Å²) in [7, 11) is 0. The maximum Gasteiger partial charge on any atom is 0.258 e. The molecule has 1 fully saturated rings. The van der Waals surface area contributed by atoms with E-state index in [-0.39, 0.29) is 17.4 Å². The molecule has 0 spiro atoms. The predicted molar refractivity (Wildman–Crippen MR) is 90.9 cm³/mol. The van der Waals surface area contributed by atoms with E-state index in [2.05, 4.69) is 9.97 Å². The van der Waals surface area contributed by atoms with E-state index in [4.69, 9.17) is 0 Å².